The van der Waals surface area contributed by atoms with Crippen molar-refractivity contribution in [2.45, 2.75) is 64.3 Å². The fourth-order valence-corrected chi connectivity index (χ4v) is 4.99. The van der Waals surface area contributed by atoms with Gasteiger partial charge < -0.3 is 32.9 Å². The standard InChI is InChI=1S/C16H31O7PS/c1-9-11(3)22-14(15(9)19-6)8-20-24(17,25)23-16-10(2)12(4)21-13(16)7-18-5/h9-16H,7-8H2,1-6H3,(H,17,25)/t9?,10-,11?,12?,13?,14?,15?,16?,24?/m1/s1. The Balaban J connectivity index is 1.94. The van der Waals surface area contributed by atoms with Crippen molar-refractivity contribution in [2.75, 3.05) is 27.4 Å². The maximum absolute atomic E-state index is 10.5. The molecule has 0 bridgehead atoms. The van der Waals surface area contributed by atoms with E-state index < -0.39 is 6.72 Å². The van der Waals surface area contributed by atoms with Crippen LogP contribution in [-0.4, -0.2) is 69.0 Å². The molecule has 8 unspecified atom stereocenters. The van der Waals surface area contributed by atoms with Gasteiger partial charge in [0, 0.05) is 26.1 Å². The van der Waals surface area contributed by atoms with Gasteiger partial charge in [0.1, 0.15) is 18.3 Å². The summed E-state index contributed by atoms with van der Waals surface area (Å²) in [6, 6.07) is 0. The largest absolute Gasteiger partial charge is 0.382 e. The quantitative estimate of drug-likeness (QED) is 0.623. The van der Waals surface area contributed by atoms with E-state index in [0.29, 0.717) is 6.61 Å². The average molecular weight is 398 g/mol. The van der Waals surface area contributed by atoms with Gasteiger partial charge in [0.15, 0.2) is 0 Å². The van der Waals surface area contributed by atoms with Gasteiger partial charge in [0.2, 0.25) is 0 Å². The van der Waals surface area contributed by atoms with Gasteiger partial charge in [-0.05, 0) is 25.7 Å². The van der Waals surface area contributed by atoms with Crippen LogP contribution in [0.4, 0.5) is 0 Å². The first-order valence-electron chi connectivity index (χ1n) is 8.68. The van der Waals surface area contributed by atoms with Crippen LogP contribution in [0.3, 0.4) is 0 Å². The SMILES string of the molecule is COCC1OC(C)[C@@H](C)C1OP(O)(=S)OCC1OC(C)C(C)C1OC. The second-order valence-corrected chi connectivity index (χ2v) is 9.76. The van der Waals surface area contributed by atoms with Crippen LogP contribution < -0.4 is 0 Å². The Morgan fingerprint density at radius 1 is 0.920 bits per heavy atom. The molecule has 2 heterocycles. The van der Waals surface area contributed by atoms with Gasteiger partial charge in [-0.25, -0.2) is 0 Å². The van der Waals surface area contributed by atoms with Gasteiger partial charge in [-0.15, -0.1) is 0 Å². The molecule has 9 heteroatoms. The summed E-state index contributed by atoms with van der Waals surface area (Å²) in [7, 11) is 3.25. The van der Waals surface area contributed by atoms with Crippen molar-refractivity contribution in [3.05, 3.63) is 0 Å². The Bertz CT molecular complexity index is 479. The maximum Gasteiger partial charge on any atom is 0.324 e. The summed E-state index contributed by atoms with van der Waals surface area (Å²) in [5.74, 6) is 0.318. The van der Waals surface area contributed by atoms with Crippen molar-refractivity contribution < 1.29 is 32.9 Å². The fraction of sp³-hybridized carbons (Fsp3) is 1.00. The van der Waals surface area contributed by atoms with Crippen LogP contribution in [0.1, 0.15) is 27.7 Å². The van der Waals surface area contributed by atoms with Crippen molar-refractivity contribution in [3.8, 4) is 0 Å². The second-order valence-electron chi connectivity index (χ2n) is 6.97. The summed E-state index contributed by atoms with van der Waals surface area (Å²) < 4.78 is 33.7. The molecule has 0 spiro atoms. The topological polar surface area (TPSA) is 75.6 Å². The fourth-order valence-electron chi connectivity index (χ4n) is 3.48. The summed E-state index contributed by atoms with van der Waals surface area (Å²) in [6.45, 7) is 5.11. The first kappa shape index (κ1) is 21.7. The molecule has 9 atom stereocenters. The molecule has 0 saturated carbocycles. The van der Waals surface area contributed by atoms with E-state index in [1.807, 2.05) is 20.8 Å². The lowest BCUT2D eigenvalue weighted by Gasteiger charge is -2.27. The first-order chi connectivity index (χ1) is 11.7. The Morgan fingerprint density at radius 2 is 1.44 bits per heavy atom. The predicted octanol–water partition coefficient (Wildman–Crippen LogP) is 2.11. The molecule has 2 aliphatic rings. The molecule has 0 radical (unpaired) electrons. The molecule has 2 fully saturated rings. The van der Waals surface area contributed by atoms with E-state index in [1.54, 1.807) is 14.2 Å². The van der Waals surface area contributed by atoms with Gasteiger partial charge in [-0.1, -0.05) is 13.8 Å². The van der Waals surface area contributed by atoms with Gasteiger partial charge in [0.05, 0.1) is 31.5 Å². The Morgan fingerprint density at radius 3 is 1.96 bits per heavy atom. The molecule has 148 valence electrons. The third-order valence-corrected chi connectivity index (χ3v) is 6.85. The molecule has 0 aromatic rings. The zero-order valence-corrected chi connectivity index (χ0v) is 17.5. The van der Waals surface area contributed by atoms with E-state index in [9.17, 15) is 4.89 Å². The summed E-state index contributed by atoms with van der Waals surface area (Å²) >= 11 is 5.21. The van der Waals surface area contributed by atoms with Crippen molar-refractivity contribution >= 4 is 18.5 Å². The van der Waals surface area contributed by atoms with Crippen molar-refractivity contribution in [2.24, 2.45) is 11.8 Å². The molecule has 0 aromatic heterocycles. The molecule has 25 heavy (non-hydrogen) atoms. The third-order valence-electron chi connectivity index (χ3n) is 5.29. The molecule has 2 saturated heterocycles. The minimum absolute atomic E-state index is 0.00196. The van der Waals surface area contributed by atoms with Crippen LogP contribution in [-0.2, 0) is 39.8 Å². The lowest BCUT2D eigenvalue weighted by molar-refractivity contribution is -0.0398. The van der Waals surface area contributed by atoms with E-state index in [1.165, 1.54) is 0 Å². The molecule has 7 nitrogen and oxygen atoms in total. The summed E-state index contributed by atoms with van der Waals surface area (Å²) in [6.07, 6.45) is -0.961. The third kappa shape index (κ3) is 5.21. The van der Waals surface area contributed by atoms with Crippen LogP contribution >= 0.6 is 6.72 Å². The number of ether oxygens (including phenoxy) is 4. The van der Waals surface area contributed by atoms with Crippen LogP contribution in [0.15, 0.2) is 0 Å². The highest BCUT2D eigenvalue weighted by atomic mass is 32.5. The summed E-state index contributed by atoms with van der Waals surface area (Å²) in [5.41, 5.74) is 0. The lowest BCUT2D eigenvalue weighted by atomic mass is 9.99. The normalized spacial score (nSPS) is 44.1. The van der Waals surface area contributed by atoms with Crippen molar-refractivity contribution in [1.29, 1.82) is 0 Å². The van der Waals surface area contributed by atoms with E-state index >= 15 is 0 Å². The van der Waals surface area contributed by atoms with E-state index in [4.69, 9.17) is 39.8 Å². The van der Waals surface area contributed by atoms with Gasteiger partial charge >= 0.3 is 6.72 Å². The molecule has 2 aliphatic heterocycles. The van der Waals surface area contributed by atoms with Gasteiger partial charge in [0.25, 0.3) is 0 Å². The average Bonchev–Trinajstić information content (AvgIpc) is 2.97. The van der Waals surface area contributed by atoms with Crippen LogP contribution in [0.5, 0.6) is 0 Å². The minimum Gasteiger partial charge on any atom is -0.382 e. The van der Waals surface area contributed by atoms with Crippen LogP contribution in [0.25, 0.3) is 0 Å². The van der Waals surface area contributed by atoms with Crippen LogP contribution in [0, 0.1) is 11.8 Å². The zero-order valence-electron chi connectivity index (χ0n) is 15.8. The van der Waals surface area contributed by atoms with E-state index in [0.717, 1.165) is 0 Å². The van der Waals surface area contributed by atoms with Gasteiger partial charge in [-0.2, -0.15) is 0 Å². The molecule has 0 amide bonds. The highest BCUT2D eigenvalue weighted by Gasteiger charge is 2.44. The van der Waals surface area contributed by atoms with E-state index in [2.05, 4.69) is 6.92 Å². The molecular weight excluding hydrogens is 367 g/mol. The van der Waals surface area contributed by atoms with Crippen molar-refractivity contribution in [3.63, 3.8) is 0 Å². The number of rotatable bonds is 8. The minimum atomic E-state index is -3.43. The molecule has 1 N–H and O–H groups in total. The smallest absolute Gasteiger partial charge is 0.324 e. The number of hydrogen-bond acceptors (Lipinski definition) is 7. The maximum atomic E-state index is 10.5. The summed E-state index contributed by atoms with van der Waals surface area (Å²) in [5, 5.41) is 0. The molecule has 0 aliphatic carbocycles. The zero-order chi connectivity index (χ0) is 18.8. The highest BCUT2D eigenvalue weighted by Crippen LogP contribution is 2.49. The Hall–Kier alpha value is 0.370. The number of methoxy groups -OCH3 is 2. The van der Waals surface area contributed by atoms with Gasteiger partial charge in [-0.3, -0.25) is 0 Å². The number of hydrogen-bond donors (Lipinski definition) is 1. The first-order valence-corrected chi connectivity index (χ1v) is 11.3. The predicted molar refractivity (Wildman–Crippen MR) is 97.0 cm³/mol. The van der Waals surface area contributed by atoms with Crippen molar-refractivity contribution in [1.82, 2.24) is 0 Å². The molecular formula is C16H31O7PS. The molecule has 2 rings (SSSR count). The Kier molecular flexibility index (Phi) is 7.84. The monoisotopic (exact) mass is 398 g/mol. The summed E-state index contributed by atoms with van der Waals surface area (Å²) in [4.78, 5) is 10.5. The Labute approximate surface area is 155 Å². The lowest BCUT2D eigenvalue weighted by Crippen LogP contribution is -2.33. The van der Waals surface area contributed by atoms with Crippen LogP contribution in [0.2, 0.25) is 0 Å². The molecule has 0 aromatic carbocycles. The second kappa shape index (κ2) is 9.04. The van der Waals surface area contributed by atoms with E-state index in [-0.39, 0.29) is 55.1 Å². The highest BCUT2D eigenvalue weighted by molar-refractivity contribution is 8.07.